The smallest absolute Gasteiger partial charge is 0.146 e. The summed E-state index contributed by atoms with van der Waals surface area (Å²) in [4.78, 5) is 4.81. The first-order valence-corrected chi connectivity index (χ1v) is 7.55. The monoisotopic (exact) mass is 286 g/mol. The van der Waals surface area contributed by atoms with Crippen LogP contribution in [0, 0.1) is 0 Å². The molecule has 5 rings (SSSR count). The van der Waals surface area contributed by atoms with Gasteiger partial charge in [-0.3, -0.25) is 4.40 Å². The number of imidazole rings is 1. The van der Waals surface area contributed by atoms with E-state index in [1.165, 1.54) is 10.6 Å². The SMILES string of the molecule is Oc1ccc2c3c(n4c5ccccc5nc4c2c1)=CCCC=3. The number of aromatic nitrogens is 2. The van der Waals surface area contributed by atoms with Gasteiger partial charge in [-0.05, 0) is 48.6 Å². The van der Waals surface area contributed by atoms with Gasteiger partial charge in [-0.15, -0.1) is 0 Å². The van der Waals surface area contributed by atoms with E-state index in [1.807, 2.05) is 30.3 Å². The van der Waals surface area contributed by atoms with Crippen LogP contribution in [-0.2, 0) is 0 Å². The molecule has 0 unspecified atom stereocenters. The number of benzene rings is 2. The predicted octanol–water partition coefficient (Wildman–Crippen LogP) is 2.70. The van der Waals surface area contributed by atoms with Crippen LogP contribution in [0.25, 0.3) is 39.6 Å². The number of hydrogen-bond acceptors (Lipinski definition) is 2. The Hall–Kier alpha value is -2.81. The van der Waals surface area contributed by atoms with Gasteiger partial charge in [-0.25, -0.2) is 4.98 Å². The molecular formula is C19H14N2O. The molecule has 1 aliphatic rings. The van der Waals surface area contributed by atoms with Crippen LogP contribution < -0.4 is 10.6 Å². The lowest BCUT2D eigenvalue weighted by molar-refractivity contribution is 0.476. The van der Waals surface area contributed by atoms with Crippen LogP contribution in [0.1, 0.15) is 12.8 Å². The zero-order valence-electron chi connectivity index (χ0n) is 12.0. The normalized spacial score (nSPS) is 14.0. The average molecular weight is 286 g/mol. The molecule has 0 bridgehead atoms. The summed E-state index contributed by atoms with van der Waals surface area (Å²) >= 11 is 0. The molecule has 3 nitrogen and oxygen atoms in total. The third kappa shape index (κ3) is 1.43. The lowest BCUT2D eigenvalue weighted by atomic mass is 10.0. The summed E-state index contributed by atoms with van der Waals surface area (Å²) in [5, 5.41) is 14.5. The van der Waals surface area contributed by atoms with Gasteiger partial charge >= 0.3 is 0 Å². The van der Waals surface area contributed by atoms with Gasteiger partial charge in [0.1, 0.15) is 11.4 Å². The zero-order chi connectivity index (χ0) is 14.7. The maximum Gasteiger partial charge on any atom is 0.146 e. The molecule has 106 valence electrons. The van der Waals surface area contributed by atoms with Crippen molar-refractivity contribution in [2.45, 2.75) is 12.8 Å². The van der Waals surface area contributed by atoms with Gasteiger partial charge in [0.2, 0.25) is 0 Å². The molecule has 0 saturated carbocycles. The molecule has 1 aliphatic carbocycles. The summed E-state index contributed by atoms with van der Waals surface area (Å²) in [6.07, 6.45) is 6.70. The molecule has 1 N–H and O–H groups in total. The summed E-state index contributed by atoms with van der Waals surface area (Å²) in [5.74, 6) is 0.279. The first kappa shape index (κ1) is 11.8. The Morgan fingerprint density at radius 3 is 2.77 bits per heavy atom. The van der Waals surface area contributed by atoms with Crippen LogP contribution in [0.15, 0.2) is 42.5 Å². The molecule has 0 fully saturated rings. The number of hydrogen-bond donors (Lipinski definition) is 1. The van der Waals surface area contributed by atoms with Crippen LogP contribution in [0.5, 0.6) is 5.75 Å². The fourth-order valence-electron chi connectivity index (χ4n) is 3.52. The molecular weight excluding hydrogens is 272 g/mol. The number of phenolic OH excluding ortho intramolecular Hbond substituents is 1. The van der Waals surface area contributed by atoms with Crippen LogP contribution in [0.4, 0.5) is 0 Å². The fraction of sp³-hybridized carbons (Fsp3) is 0.105. The van der Waals surface area contributed by atoms with Crippen molar-refractivity contribution in [1.82, 2.24) is 9.38 Å². The summed E-state index contributed by atoms with van der Waals surface area (Å²) in [5.41, 5.74) is 3.02. The van der Waals surface area contributed by atoms with E-state index < -0.39 is 0 Å². The van der Waals surface area contributed by atoms with E-state index in [0.717, 1.165) is 40.3 Å². The van der Waals surface area contributed by atoms with Crippen molar-refractivity contribution in [3.63, 3.8) is 0 Å². The number of phenols is 1. The first-order chi connectivity index (χ1) is 10.8. The second kappa shape index (κ2) is 4.10. The molecule has 2 aromatic carbocycles. The standard InChI is InChI=1S/C19H14N2O/c22-12-9-10-13-14-5-1-3-7-17(14)21-18-8-4-2-6-16(18)20-19(21)15(13)11-12/h2,4-11,22H,1,3H2. The van der Waals surface area contributed by atoms with Crippen molar-refractivity contribution in [1.29, 1.82) is 0 Å². The van der Waals surface area contributed by atoms with Crippen molar-refractivity contribution >= 4 is 39.6 Å². The van der Waals surface area contributed by atoms with Crippen molar-refractivity contribution in [3.8, 4) is 5.75 Å². The lowest BCUT2D eigenvalue weighted by Crippen LogP contribution is -2.34. The highest BCUT2D eigenvalue weighted by molar-refractivity contribution is 5.99. The number of nitrogens with zero attached hydrogens (tertiary/aromatic N) is 2. The van der Waals surface area contributed by atoms with E-state index in [9.17, 15) is 5.11 Å². The van der Waals surface area contributed by atoms with Crippen LogP contribution in [0.3, 0.4) is 0 Å². The largest absolute Gasteiger partial charge is 0.508 e. The quantitative estimate of drug-likeness (QED) is 0.539. The van der Waals surface area contributed by atoms with Crippen molar-refractivity contribution in [2.75, 3.05) is 0 Å². The minimum Gasteiger partial charge on any atom is -0.508 e. The molecule has 2 aromatic heterocycles. The number of aromatic hydroxyl groups is 1. The summed E-state index contributed by atoms with van der Waals surface area (Å²) < 4.78 is 2.22. The highest BCUT2D eigenvalue weighted by Gasteiger charge is 2.12. The Kier molecular flexibility index (Phi) is 2.20. The van der Waals surface area contributed by atoms with Crippen LogP contribution >= 0.6 is 0 Å². The molecule has 0 amide bonds. The van der Waals surface area contributed by atoms with Gasteiger partial charge in [0.25, 0.3) is 0 Å². The van der Waals surface area contributed by atoms with Gasteiger partial charge in [-0.1, -0.05) is 24.3 Å². The van der Waals surface area contributed by atoms with E-state index in [1.54, 1.807) is 6.07 Å². The molecule has 0 atom stereocenters. The highest BCUT2D eigenvalue weighted by atomic mass is 16.3. The van der Waals surface area contributed by atoms with Crippen molar-refractivity contribution in [3.05, 3.63) is 53.0 Å². The zero-order valence-corrected chi connectivity index (χ0v) is 12.0. The number of fused-ring (bicyclic) bond motifs is 8. The van der Waals surface area contributed by atoms with Gasteiger partial charge in [0.05, 0.1) is 16.4 Å². The van der Waals surface area contributed by atoms with Crippen molar-refractivity contribution in [2.24, 2.45) is 0 Å². The Morgan fingerprint density at radius 2 is 1.82 bits per heavy atom. The molecule has 22 heavy (non-hydrogen) atoms. The number of rotatable bonds is 0. The van der Waals surface area contributed by atoms with Gasteiger partial charge in [0, 0.05) is 10.6 Å². The van der Waals surface area contributed by atoms with Crippen LogP contribution in [-0.4, -0.2) is 14.5 Å². The van der Waals surface area contributed by atoms with E-state index >= 15 is 0 Å². The molecule has 3 heteroatoms. The fourth-order valence-corrected chi connectivity index (χ4v) is 3.52. The molecule has 0 radical (unpaired) electrons. The lowest BCUT2D eigenvalue weighted by Gasteiger charge is -2.09. The molecule has 0 saturated heterocycles. The van der Waals surface area contributed by atoms with Crippen LogP contribution in [0.2, 0.25) is 0 Å². The molecule has 0 spiro atoms. The third-order valence-electron chi connectivity index (χ3n) is 4.46. The summed E-state index contributed by atoms with van der Waals surface area (Å²) in [6, 6.07) is 13.8. The predicted molar refractivity (Wildman–Crippen MR) is 89.3 cm³/mol. The maximum atomic E-state index is 9.91. The van der Waals surface area contributed by atoms with E-state index in [4.69, 9.17) is 4.98 Å². The summed E-state index contributed by atoms with van der Waals surface area (Å²) in [7, 11) is 0. The Morgan fingerprint density at radius 1 is 0.955 bits per heavy atom. The Balaban J connectivity index is 2.23. The van der Waals surface area contributed by atoms with Gasteiger partial charge in [0.15, 0.2) is 0 Å². The Labute approximate surface area is 126 Å². The third-order valence-corrected chi connectivity index (χ3v) is 4.46. The second-order valence-corrected chi connectivity index (χ2v) is 5.77. The van der Waals surface area contributed by atoms with E-state index in [2.05, 4.69) is 22.6 Å². The van der Waals surface area contributed by atoms with Gasteiger partial charge < -0.3 is 5.11 Å². The highest BCUT2D eigenvalue weighted by Crippen LogP contribution is 2.24. The minimum absolute atomic E-state index is 0.279. The second-order valence-electron chi connectivity index (χ2n) is 5.77. The maximum absolute atomic E-state index is 9.91. The minimum atomic E-state index is 0.279. The average Bonchev–Trinajstić information content (AvgIpc) is 2.95. The first-order valence-electron chi connectivity index (χ1n) is 7.55. The van der Waals surface area contributed by atoms with Gasteiger partial charge in [-0.2, -0.15) is 0 Å². The number of para-hydroxylation sites is 2. The molecule has 0 aliphatic heterocycles. The van der Waals surface area contributed by atoms with E-state index in [-0.39, 0.29) is 5.75 Å². The number of pyridine rings is 1. The topological polar surface area (TPSA) is 37.5 Å². The molecule has 4 aromatic rings. The van der Waals surface area contributed by atoms with E-state index in [0.29, 0.717) is 0 Å². The van der Waals surface area contributed by atoms with Crippen molar-refractivity contribution < 1.29 is 5.11 Å². The Bertz CT molecular complexity index is 1190. The summed E-state index contributed by atoms with van der Waals surface area (Å²) in [6.45, 7) is 0. The molecule has 2 heterocycles.